The molecule has 0 saturated carbocycles. The van der Waals surface area contributed by atoms with Crippen LogP contribution in [0.5, 0.6) is 0 Å². The Morgan fingerprint density at radius 2 is 2.16 bits per heavy atom. The molecule has 0 radical (unpaired) electrons. The van der Waals surface area contributed by atoms with Crippen LogP contribution < -0.4 is 5.32 Å². The second kappa shape index (κ2) is 10.2. The minimum Gasteiger partial charge on any atom is -0.338 e. The molecule has 0 spiro atoms. The second-order valence-corrected chi connectivity index (χ2v) is 8.23. The van der Waals surface area contributed by atoms with Crippen LogP contribution in [0, 0.1) is 5.92 Å². The number of thiophene rings is 1. The predicted octanol–water partition coefficient (Wildman–Crippen LogP) is 4.53. The molecule has 1 N–H and O–H groups in total. The molecule has 1 fully saturated rings. The number of carbonyl (C=O) groups excluding carboxylic acids is 1. The molecular weight excluding hydrogens is 372 g/mol. The fourth-order valence-electron chi connectivity index (χ4n) is 3.19. The molecule has 1 unspecified atom stereocenters. The highest BCUT2D eigenvalue weighted by Crippen LogP contribution is 2.29. The van der Waals surface area contributed by atoms with E-state index < -0.39 is 0 Å². The molecule has 1 aliphatic heterocycles. The van der Waals surface area contributed by atoms with Gasteiger partial charge < -0.3 is 10.2 Å². The monoisotopic (exact) mass is 396 g/mol. The Morgan fingerprint density at radius 1 is 1.32 bits per heavy atom. The zero-order chi connectivity index (χ0) is 16.8. The van der Waals surface area contributed by atoms with Crippen molar-refractivity contribution in [3.05, 3.63) is 52.2 Å². The van der Waals surface area contributed by atoms with Crippen LogP contribution in [0.15, 0.2) is 46.7 Å². The lowest BCUT2D eigenvalue weighted by atomic mass is 9.97. The van der Waals surface area contributed by atoms with Crippen LogP contribution in [0.3, 0.4) is 0 Å². The number of likely N-dealkylation sites (tertiary alicyclic amines) is 1. The van der Waals surface area contributed by atoms with Crippen molar-refractivity contribution in [3.8, 4) is 0 Å². The highest BCUT2D eigenvalue weighted by molar-refractivity contribution is 7.98. The molecule has 1 saturated heterocycles. The van der Waals surface area contributed by atoms with Crippen LogP contribution in [0.4, 0.5) is 0 Å². The number of nitrogens with zero attached hydrogens (tertiary/aromatic N) is 1. The van der Waals surface area contributed by atoms with Gasteiger partial charge in [0.2, 0.25) is 0 Å². The first-order valence-corrected chi connectivity index (χ1v) is 10.3. The molecule has 6 heteroatoms. The molecule has 1 atom stereocenters. The smallest absolute Gasteiger partial charge is 0.254 e. The van der Waals surface area contributed by atoms with E-state index in [1.165, 1.54) is 11.3 Å². The van der Waals surface area contributed by atoms with Crippen LogP contribution in [-0.4, -0.2) is 37.5 Å². The lowest BCUT2D eigenvalue weighted by molar-refractivity contribution is 0.0671. The predicted molar refractivity (Wildman–Crippen MR) is 110 cm³/mol. The zero-order valence-electron chi connectivity index (χ0n) is 14.4. The lowest BCUT2D eigenvalue weighted by Gasteiger charge is -2.33. The van der Waals surface area contributed by atoms with Gasteiger partial charge in [0.1, 0.15) is 0 Å². The van der Waals surface area contributed by atoms with Gasteiger partial charge in [0.15, 0.2) is 0 Å². The third-order valence-electron chi connectivity index (χ3n) is 4.37. The van der Waals surface area contributed by atoms with Crippen molar-refractivity contribution in [2.45, 2.75) is 23.5 Å². The van der Waals surface area contributed by atoms with E-state index in [0.29, 0.717) is 5.92 Å². The van der Waals surface area contributed by atoms with E-state index in [0.717, 1.165) is 42.3 Å². The Hall–Kier alpha value is -1.01. The molecule has 0 bridgehead atoms. The normalized spacial score (nSPS) is 17.2. The van der Waals surface area contributed by atoms with Crippen LogP contribution >= 0.6 is 35.5 Å². The van der Waals surface area contributed by atoms with Gasteiger partial charge in [0.05, 0.1) is 5.56 Å². The minimum absolute atomic E-state index is 0. The maximum absolute atomic E-state index is 13.0. The summed E-state index contributed by atoms with van der Waals surface area (Å²) in [5.74, 6) is 1.67. The molecule has 136 valence electrons. The van der Waals surface area contributed by atoms with Crippen LogP contribution in [0.2, 0.25) is 0 Å². The van der Waals surface area contributed by atoms with Crippen molar-refractivity contribution in [3.63, 3.8) is 0 Å². The molecule has 0 aliphatic carbocycles. The van der Waals surface area contributed by atoms with E-state index in [1.807, 2.05) is 30.1 Å². The number of nitrogens with one attached hydrogen (secondary N) is 1. The number of hydrogen-bond donors (Lipinski definition) is 1. The van der Waals surface area contributed by atoms with Gasteiger partial charge >= 0.3 is 0 Å². The van der Waals surface area contributed by atoms with E-state index in [4.69, 9.17) is 0 Å². The van der Waals surface area contributed by atoms with Gasteiger partial charge in [-0.2, -0.15) is 0 Å². The number of amides is 1. The topological polar surface area (TPSA) is 32.3 Å². The molecule has 2 heterocycles. The van der Waals surface area contributed by atoms with Gasteiger partial charge in [-0.05, 0) is 55.9 Å². The lowest BCUT2D eigenvalue weighted by Crippen LogP contribution is -2.42. The van der Waals surface area contributed by atoms with Crippen LogP contribution in [0.1, 0.15) is 28.1 Å². The third-order valence-corrected chi connectivity index (χ3v) is 6.55. The number of rotatable bonds is 6. The van der Waals surface area contributed by atoms with Gasteiger partial charge in [-0.1, -0.05) is 18.2 Å². The summed E-state index contributed by atoms with van der Waals surface area (Å²) in [7, 11) is 1.98. The van der Waals surface area contributed by atoms with Gasteiger partial charge in [-0.25, -0.2) is 0 Å². The number of thioether (sulfide) groups is 1. The quantitative estimate of drug-likeness (QED) is 0.728. The summed E-state index contributed by atoms with van der Waals surface area (Å²) in [5, 5.41) is 5.34. The van der Waals surface area contributed by atoms with Crippen molar-refractivity contribution in [2.24, 2.45) is 5.92 Å². The second-order valence-electron chi connectivity index (χ2n) is 6.18. The summed E-state index contributed by atoms with van der Waals surface area (Å²) in [5.41, 5.74) is 0.851. The number of carbonyl (C=O) groups is 1. The largest absolute Gasteiger partial charge is 0.338 e. The van der Waals surface area contributed by atoms with Gasteiger partial charge in [0.25, 0.3) is 5.91 Å². The fraction of sp³-hybridized carbons (Fsp3) is 0.421. The maximum Gasteiger partial charge on any atom is 0.254 e. The molecule has 1 aliphatic rings. The van der Waals surface area contributed by atoms with Crippen molar-refractivity contribution >= 4 is 41.4 Å². The van der Waals surface area contributed by atoms with E-state index in [2.05, 4.69) is 28.9 Å². The average molecular weight is 397 g/mol. The SMILES string of the molecule is CNCC1CCCN(C(=O)c2ccccc2SCc2cccs2)C1.Cl. The summed E-state index contributed by atoms with van der Waals surface area (Å²) < 4.78 is 0. The highest BCUT2D eigenvalue weighted by Gasteiger charge is 2.25. The van der Waals surface area contributed by atoms with E-state index in [9.17, 15) is 4.79 Å². The van der Waals surface area contributed by atoms with Gasteiger partial charge in [0, 0.05) is 28.6 Å². The number of piperidine rings is 1. The Morgan fingerprint density at radius 3 is 2.92 bits per heavy atom. The Balaban J connectivity index is 0.00000225. The van der Waals surface area contributed by atoms with Gasteiger partial charge in [-0.15, -0.1) is 35.5 Å². The maximum atomic E-state index is 13.0. The third kappa shape index (κ3) is 5.48. The molecule has 25 heavy (non-hydrogen) atoms. The number of benzene rings is 1. The Bertz CT molecular complexity index is 661. The summed E-state index contributed by atoms with van der Waals surface area (Å²) >= 11 is 3.53. The number of hydrogen-bond acceptors (Lipinski definition) is 4. The zero-order valence-corrected chi connectivity index (χ0v) is 16.9. The molecule has 3 rings (SSSR count). The summed E-state index contributed by atoms with van der Waals surface area (Å²) in [4.78, 5) is 17.5. The van der Waals surface area contributed by atoms with Crippen molar-refractivity contribution in [1.29, 1.82) is 0 Å². The van der Waals surface area contributed by atoms with Gasteiger partial charge in [-0.3, -0.25) is 4.79 Å². The first kappa shape index (κ1) is 20.3. The first-order chi connectivity index (χ1) is 11.8. The number of halogens is 1. The summed E-state index contributed by atoms with van der Waals surface area (Å²) in [6.07, 6.45) is 2.31. The molecule has 1 aromatic heterocycles. The Labute approximate surface area is 164 Å². The van der Waals surface area contributed by atoms with E-state index >= 15 is 0 Å². The van der Waals surface area contributed by atoms with E-state index in [-0.39, 0.29) is 18.3 Å². The average Bonchev–Trinajstić information content (AvgIpc) is 3.14. The van der Waals surface area contributed by atoms with Crippen molar-refractivity contribution in [1.82, 2.24) is 10.2 Å². The fourth-order valence-corrected chi connectivity index (χ4v) is 5.01. The molecule has 3 nitrogen and oxygen atoms in total. The first-order valence-electron chi connectivity index (χ1n) is 8.46. The van der Waals surface area contributed by atoms with Crippen molar-refractivity contribution < 1.29 is 4.79 Å². The van der Waals surface area contributed by atoms with Crippen molar-refractivity contribution in [2.75, 3.05) is 26.7 Å². The highest BCUT2D eigenvalue weighted by atomic mass is 35.5. The molecule has 1 amide bonds. The Kier molecular flexibility index (Phi) is 8.30. The standard InChI is InChI=1S/C19H24N2OS2.ClH/c1-20-12-15-6-4-10-21(13-15)19(22)17-8-2-3-9-18(17)24-14-16-7-5-11-23-16;/h2-3,5,7-9,11,15,20H,4,6,10,12-14H2,1H3;1H. The van der Waals surface area contributed by atoms with Crippen LogP contribution in [-0.2, 0) is 5.75 Å². The molecule has 2 aromatic rings. The summed E-state index contributed by atoms with van der Waals surface area (Å²) in [6, 6.07) is 12.3. The molecule has 1 aromatic carbocycles. The minimum atomic E-state index is 0. The van der Waals surface area contributed by atoms with E-state index in [1.54, 1.807) is 23.1 Å². The molecular formula is C19H25ClN2OS2. The van der Waals surface area contributed by atoms with Crippen LogP contribution in [0.25, 0.3) is 0 Å². The summed E-state index contributed by atoms with van der Waals surface area (Å²) in [6.45, 7) is 2.73.